The molecule has 2 rings (SSSR count). The number of rotatable bonds is 2. The molecule has 3 nitrogen and oxygen atoms in total. The van der Waals surface area contributed by atoms with E-state index in [0.29, 0.717) is 0 Å². The lowest BCUT2D eigenvalue weighted by Gasteiger charge is -2.09. The molecular formula is C13H12F2NO2+. The summed E-state index contributed by atoms with van der Waals surface area (Å²) < 4.78 is 32.1. The number of carbonyl (C=O) groups excluding carboxylic acids is 1. The average molecular weight is 252 g/mol. The van der Waals surface area contributed by atoms with Gasteiger partial charge in [0.2, 0.25) is 0 Å². The minimum atomic E-state index is -1.40. The van der Waals surface area contributed by atoms with Gasteiger partial charge in [-0.3, -0.25) is 0 Å². The van der Waals surface area contributed by atoms with Gasteiger partial charge in [0, 0.05) is 11.1 Å². The van der Waals surface area contributed by atoms with E-state index < -0.39 is 23.1 Å². The average Bonchev–Trinajstić information content (AvgIpc) is 2.77. The summed E-state index contributed by atoms with van der Waals surface area (Å²) in [5.41, 5.74) is -1.10. The molecule has 0 unspecified atom stereocenters. The first kappa shape index (κ1) is 12.5. The Morgan fingerprint density at radius 2 is 1.89 bits per heavy atom. The van der Waals surface area contributed by atoms with Gasteiger partial charge in [0.1, 0.15) is 11.6 Å². The summed E-state index contributed by atoms with van der Waals surface area (Å²) in [5, 5.41) is 0. The summed E-state index contributed by atoms with van der Waals surface area (Å²) >= 11 is 0. The van der Waals surface area contributed by atoms with E-state index in [1.54, 1.807) is 6.92 Å². The van der Waals surface area contributed by atoms with E-state index >= 15 is 0 Å². The zero-order valence-electron chi connectivity index (χ0n) is 9.87. The second kappa shape index (κ2) is 4.37. The third-order valence-electron chi connectivity index (χ3n) is 3.16. The van der Waals surface area contributed by atoms with Gasteiger partial charge in [-0.05, 0) is 19.1 Å². The third kappa shape index (κ3) is 1.74. The first-order valence-electron chi connectivity index (χ1n) is 5.59. The van der Waals surface area contributed by atoms with E-state index in [1.165, 1.54) is 0 Å². The summed E-state index contributed by atoms with van der Waals surface area (Å²) in [4.78, 5) is 15.4. The van der Waals surface area contributed by atoms with Crippen LogP contribution in [0.25, 0.3) is 4.85 Å². The summed E-state index contributed by atoms with van der Waals surface area (Å²) in [6, 6.07) is 2.07. The zero-order chi connectivity index (χ0) is 13.3. The minimum Gasteiger partial charge on any atom is -0.460 e. The van der Waals surface area contributed by atoms with Crippen LogP contribution < -0.4 is 0 Å². The van der Waals surface area contributed by atoms with Gasteiger partial charge in [-0.1, -0.05) is 4.85 Å². The van der Waals surface area contributed by atoms with Crippen LogP contribution >= 0.6 is 0 Å². The molecular weight excluding hydrogens is 240 g/mol. The number of ether oxygens (including phenoxy) is 1. The second-order valence-electron chi connectivity index (χ2n) is 4.22. The van der Waals surface area contributed by atoms with Gasteiger partial charge in [0.05, 0.1) is 19.4 Å². The van der Waals surface area contributed by atoms with Crippen molar-refractivity contribution in [3.8, 4) is 6.57 Å². The maximum atomic E-state index is 13.6. The lowest BCUT2D eigenvalue weighted by molar-refractivity contribution is -0.147. The molecule has 94 valence electrons. The number of hydrogen-bond acceptors (Lipinski definition) is 2. The largest absolute Gasteiger partial charge is 0.460 e. The van der Waals surface area contributed by atoms with Crippen LogP contribution in [0.5, 0.6) is 0 Å². The maximum Gasteiger partial charge on any atom is 0.398 e. The van der Waals surface area contributed by atoms with E-state index in [2.05, 4.69) is 4.85 Å². The van der Waals surface area contributed by atoms with Crippen LogP contribution in [0.4, 0.5) is 8.78 Å². The Kier molecular flexibility index (Phi) is 3.04. The number of halogens is 2. The van der Waals surface area contributed by atoms with E-state index in [9.17, 15) is 13.6 Å². The molecule has 1 aromatic carbocycles. The molecule has 0 spiro atoms. The summed E-state index contributed by atoms with van der Waals surface area (Å²) in [7, 11) is 0. The van der Waals surface area contributed by atoms with Crippen molar-refractivity contribution < 1.29 is 18.3 Å². The molecule has 0 saturated carbocycles. The SMILES string of the molecule is C#[N+]C1(C(=O)OCC)Cc2c(F)ccc(F)c2C1. The van der Waals surface area contributed by atoms with Crippen LogP contribution in [0.2, 0.25) is 0 Å². The Labute approximate surface area is 103 Å². The molecule has 0 aliphatic heterocycles. The molecule has 0 N–H and O–H groups in total. The predicted molar refractivity (Wildman–Crippen MR) is 61.4 cm³/mol. The molecule has 0 atom stereocenters. The van der Waals surface area contributed by atoms with Crippen molar-refractivity contribution in [3.63, 3.8) is 0 Å². The smallest absolute Gasteiger partial charge is 0.398 e. The van der Waals surface area contributed by atoms with Crippen LogP contribution in [0, 0.1) is 18.2 Å². The van der Waals surface area contributed by atoms with Crippen molar-refractivity contribution >= 4 is 5.97 Å². The van der Waals surface area contributed by atoms with E-state index in [-0.39, 0.29) is 30.6 Å². The number of benzene rings is 1. The normalized spacial score (nSPS) is 15.9. The van der Waals surface area contributed by atoms with Gasteiger partial charge in [-0.25, -0.2) is 13.6 Å². The van der Waals surface area contributed by atoms with Crippen LogP contribution in [0.15, 0.2) is 12.1 Å². The van der Waals surface area contributed by atoms with E-state index in [4.69, 9.17) is 11.3 Å². The number of nitrogens with zero attached hydrogens (tertiary/aromatic N) is 1. The van der Waals surface area contributed by atoms with Crippen molar-refractivity contribution in [3.05, 3.63) is 39.7 Å². The monoisotopic (exact) mass is 252 g/mol. The fourth-order valence-corrected chi connectivity index (χ4v) is 2.22. The Balaban J connectivity index is 2.44. The summed E-state index contributed by atoms with van der Waals surface area (Å²) in [5.74, 6) is -1.76. The van der Waals surface area contributed by atoms with E-state index in [1.807, 2.05) is 0 Å². The van der Waals surface area contributed by atoms with Crippen molar-refractivity contribution in [2.75, 3.05) is 6.61 Å². The molecule has 1 aliphatic rings. The highest BCUT2D eigenvalue weighted by Gasteiger charge is 2.57. The van der Waals surface area contributed by atoms with Gasteiger partial charge in [0.25, 0.3) is 6.57 Å². The lowest BCUT2D eigenvalue weighted by Crippen LogP contribution is -2.38. The fraction of sp³-hybridized carbons (Fsp3) is 0.385. The molecule has 5 heteroatoms. The van der Waals surface area contributed by atoms with Gasteiger partial charge >= 0.3 is 11.5 Å². The first-order valence-corrected chi connectivity index (χ1v) is 5.59. The molecule has 18 heavy (non-hydrogen) atoms. The first-order chi connectivity index (χ1) is 8.54. The standard InChI is InChI=1S/C13H12F2NO2/c1-3-18-12(17)13(16-2)6-8-9(7-13)11(15)5-4-10(8)14/h2,4-5H,3,6-7H2,1H3/q+1. The van der Waals surface area contributed by atoms with Crippen LogP contribution in [0.3, 0.4) is 0 Å². The highest BCUT2D eigenvalue weighted by atomic mass is 19.1. The highest BCUT2D eigenvalue weighted by Crippen LogP contribution is 2.37. The number of esters is 1. The van der Waals surface area contributed by atoms with E-state index in [0.717, 1.165) is 12.1 Å². The van der Waals surface area contributed by atoms with Gasteiger partial charge in [-0.2, -0.15) is 0 Å². The predicted octanol–water partition coefficient (Wildman–Crippen LogP) is 2.33. The third-order valence-corrected chi connectivity index (χ3v) is 3.16. The number of hydrogen-bond donors (Lipinski definition) is 0. The highest BCUT2D eigenvalue weighted by molar-refractivity contribution is 5.85. The molecule has 0 radical (unpaired) electrons. The topological polar surface area (TPSA) is 30.7 Å². The number of fused-ring (bicyclic) bond motifs is 1. The van der Waals surface area contributed by atoms with Gasteiger partial charge < -0.3 is 4.74 Å². The van der Waals surface area contributed by atoms with Gasteiger partial charge in [0.15, 0.2) is 0 Å². The Hall–Kier alpha value is -1.96. The van der Waals surface area contributed by atoms with Crippen molar-refractivity contribution in [2.45, 2.75) is 25.3 Å². The van der Waals surface area contributed by atoms with Crippen molar-refractivity contribution in [1.82, 2.24) is 0 Å². The molecule has 0 fully saturated rings. The molecule has 0 amide bonds. The Bertz CT molecular complexity index is 518. The summed E-state index contributed by atoms with van der Waals surface area (Å²) in [6.45, 7) is 7.07. The van der Waals surface area contributed by atoms with Crippen molar-refractivity contribution in [1.29, 1.82) is 0 Å². The maximum absolute atomic E-state index is 13.6. The lowest BCUT2D eigenvalue weighted by atomic mass is 9.97. The van der Waals surface area contributed by atoms with Crippen LogP contribution in [-0.2, 0) is 22.4 Å². The van der Waals surface area contributed by atoms with Crippen LogP contribution in [-0.4, -0.2) is 18.1 Å². The van der Waals surface area contributed by atoms with Crippen LogP contribution in [0.1, 0.15) is 18.1 Å². The summed E-state index contributed by atoms with van der Waals surface area (Å²) in [6.07, 6.45) is -0.136. The molecule has 0 heterocycles. The minimum absolute atomic E-state index is 0.0682. The molecule has 0 saturated heterocycles. The molecule has 1 aromatic rings. The van der Waals surface area contributed by atoms with Crippen molar-refractivity contribution in [2.24, 2.45) is 0 Å². The molecule has 0 aromatic heterocycles. The molecule has 1 aliphatic carbocycles. The Morgan fingerprint density at radius 1 is 1.39 bits per heavy atom. The van der Waals surface area contributed by atoms with Gasteiger partial charge in [-0.15, -0.1) is 0 Å². The zero-order valence-corrected chi connectivity index (χ0v) is 9.87. The second-order valence-corrected chi connectivity index (χ2v) is 4.22. The Morgan fingerprint density at radius 3 is 2.28 bits per heavy atom. The molecule has 0 bridgehead atoms. The number of carbonyl (C=O) groups is 1. The quantitative estimate of drug-likeness (QED) is 0.756. The fourth-order valence-electron chi connectivity index (χ4n) is 2.22.